The van der Waals surface area contributed by atoms with Crippen LogP contribution in [0.25, 0.3) is 0 Å². The molecule has 1 unspecified atom stereocenters. The van der Waals surface area contributed by atoms with Crippen molar-refractivity contribution in [3.05, 3.63) is 85.1 Å². The van der Waals surface area contributed by atoms with Gasteiger partial charge in [0, 0.05) is 19.3 Å². The van der Waals surface area contributed by atoms with Gasteiger partial charge in [0.2, 0.25) is 0 Å². The Kier molecular flexibility index (Phi) is 61.2. The van der Waals surface area contributed by atoms with Crippen molar-refractivity contribution in [3.8, 4) is 0 Å². The minimum atomic E-state index is -0.782. The summed E-state index contributed by atoms with van der Waals surface area (Å²) in [5.41, 5.74) is 0. The second-order valence-corrected chi connectivity index (χ2v) is 21.7. The lowest BCUT2D eigenvalue weighted by molar-refractivity contribution is -0.167. The van der Waals surface area contributed by atoms with Crippen molar-refractivity contribution in [3.63, 3.8) is 0 Å². The molecule has 0 bridgehead atoms. The van der Waals surface area contributed by atoms with Crippen LogP contribution in [-0.4, -0.2) is 37.2 Å². The van der Waals surface area contributed by atoms with E-state index >= 15 is 0 Å². The summed E-state index contributed by atoms with van der Waals surface area (Å²) in [6.07, 6.45) is 84.5. The molecule has 0 radical (unpaired) electrons. The van der Waals surface area contributed by atoms with Crippen LogP contribution < -0.4 is 0 Å². The maximum atomic E-state index is 12.9. The van der Waals surface area contributed by atoms with Crippen molar-refractivity contribution in [1.29, 1.82) is 0 Å². The molecule has 6 heteroatoms. The van der Waals surface area contributed by atoms with Crippen LogP contribution in [0.5, 0.6) is 0 Å². The molecule has 0 rings (SSSR count). The second kappa shape index (κ2) is 64.1. The number of esters is 3. The van der Waals surface area contributed by atoms with E-state index in [9.17, 15) is 14.4 Å². The van der Waals surface area contributed by atoms with Crippen molar-refractivity contribution in [1.82, 2.24) is 0 Å². The highest BCUT2D eigenvalue weighted by Gasteiger charge is 2.19. The number of hydrogen-bond acceptors (Lipinski definition) is 6. The van der Waals surface area contributed by atoms with E-state index in [1.807, 2.05) is 0 Å². The Labute approximate surface area is 471 Å². The molecule has 76 heavy (non-hydrogen) atoms. The number of allylic oxidation sites excluding steroid dienone is 14. The van der Waals surface area contributed by atoms with E-state index < -0.39 is 6.10 Å². The molecule has 0 saturated carbocycles. The quantitative estimate of drug-likeness (QED) is 0.0261. The minimum absolute atomic E-state index is 0.0784. The largest absolute Gasteiger partial charge is 0.462 e. The first kappa shape index (κ1) is 72.6. The van der Waals surface area contributed by atoms with Crippen LogP contribution in [0.3, 0.4) is 0 Å². The van der Waals surface area contributed by atoms with Crippen molar-refractivity contribution in [2.24, 2.45) is 0 Å². The second-order valence-electron chi connectivity index (χ2n) is 21.7. The topological polar surface area (TPSA) is 78.9 Å². The Morgan fingerprint density at radius 1 is 0.276 bits per heavy atom. The standard InChI is InChI=1S/C70H122O6/c1-4-7-10-13-16-19-22-24-26-28-30-32-33-34-35-36-37-38-40-41-43-45-48-51-54-57-60-63-69(72)75-66-67(65-74-68(71)62-59-56-53-50-47-21-18-15-12-9-6-3)76-70(73)64-61-58-55-52-49-46-44-42-39-31-29-27-25-23-20-17-14-11-8-5-2/h7,10,16,19,24,26,30,32,34-35,37-38,41,43,67H,4-6,8-9,11-15,17-18,20-23,25,27-29,31,33,36,39-40,42,44-66H2,1-3H3/b10-7-,19-16-,26-24-,32-30-,35-34-,38-37-,43-41-. The van der Waals surface area contributed by atoms with Crippen LogP contribution in [0.15, 0.2) is 85.1 Å². The molecule has 0 aromatic heterocycles. The first-order valence-corrected chi connectivity index (χ1v) is 32.6. The molecule has 0 aliphatic heterocycles. The fourth-order valence-corrected chi connectivity index (χ4v) is 9.31. The SMILES string of the molecule is CC/C=C\C/C=C\C/C=C\C/C=C\C/C=C\C/C=C\C/C=C\CCCCCCCC(=O)OCC(COC(=O)CCCCCCCCCCCCC)OC(=O)CCCCCCCCCCCCCCCCCCCCCC. The molecule has 6 nitrogen and oxygen atoms in total. The molecular formula is C70H122O6. The van der Waals surface area contributed by atoms with Crippen LogP contribution >= 0.6 is 0 Å². The van der Waals surface area contributed by atoms with Gasteiger partial charge in [-0.3, -0.25) is 14.4 Å². The molecule has 0 aliphatic carbocycles. The van der Waals surface area contributed by atoms with E-state index in [0.717, 1.165) is 122 Å². The van der Waals surface area contributed by atoms with Gasteiger partial charge in [0.15, 0.2) is 6.10 Å². The zero-order valence-electron chi connectivity index (χ0n) is 50.3. The van der Waals surface area contributed by atoms with Gasteiger partial charge in [0.1, 0.15) is 13.2 Å². The highest BCUT2D eigenvalue weighted by atomic mass is 16.6. The summed E-state index contributed by atoms with van der Waals surface area (Å²) in [5.74, 6) is -0.883. The maximum absolute atomic E-state index is 12.9. The zero-order valence-corrected chi connectivity index (χ0v) is 50.3. The summed E-state index contributed by atoms with van der Waals surface area (Å²) in [6.45, 7) is 6.54. The van der Waals surface area contributed by atoms with Gasteiger partial charge in [-0.2, -0.15) is 0 Å². The number of ether oxygens (including phenoxy) is 3. The summed E-state index contributed by atoms with van der Waals surface area (Å²) >= 11 is 0. The molecule has 0 fully saturated rings. The monoisotopic (exact) mass is 1060 g/mol. The van der Waals surface area contributed by atoms with Gasteiger partial charge in [-0.1, -0.05) is 311 Å². The Hall–Kier alpha value is -3.41. The molecule has 0 spiro atoms. The van der Waals surface area contributed by atoms with E-state index in [2.05, 4.69) is 106 Å². The zero-order chi connectivity index (χ0) is 55.0. The maximum Gasteiger partial charge on any atom is 0.306 e. The van der Waals surface area contributed by atoms with E-state index in [0.29, 0.717) is 19.3 Å². The first-order chi connectivity index (χ1) is 37.5. The van der Waals surface area contributed by atoms with Crippen LogP contribution in [0, 0.1) is 0 Å². The fraction of sp³-hybridized carbons (Fsp3) is 0.757. The molecule has 0 aliphatic rings. The number of carbonyl (C=O) groups is 3. The molecule has 438 valence electrons. The van der Waals surface area contributed by atoms with Crippen LogP contribution in [0.2, 0.25) is 0 Å². The average molecular weight is 1060 g/mol. The Balaban J connectivity index is 4.31. The number of rotatable bonds is 59. The molecule has 0 saturated heterocycles. The van der Waals surface area contributed by atoms with E-state index in [-0.39, 0.29) is 31.1 Å². The minimum Gasteiger partial charge on any atom is -0.462 e. The van der Waals surface area contributed by atoms with Crippen LogP contribution in [-0.2, 0) is 28.6 Å². The smallest absolute Gasteiger partial charge is 0.306 e. The summed E-state index contributed by atoms with van der Waals surface area (Å²) in [6, 6.07) is 0. The van der Waals surface area contributed by atoms with Gasteiger partial charge < -0.3 is 14.2 Å². The Bertz CT molecular complexity index is 1450. The number of unbranched alkanes of at least 4 members (excludes halogenated alkanes) is 34. The van der Waals surface area contributed by atoms with Crippen molar-refractivity contribution >= 4 is 17.9 Å². The molecule has 0 amide bonds. The third-order valence-corrected chi connectivity index (χ3v) is 14.2. The van der Waals surface area contributed by atoms with Gasteiger partial charge in [-0.15, -0.1) is 0 Å². The summed E-state index contributed by atoms with van der Waals surface area (Å²) in [7, 11) is 0. The van der Waals surface area contributed by atoms with Gasteiger partial charge in [0.05, 0.1) is 0 Å². The first-order valence-electron chi connectivity index (χ1n) is 32.6. The highest BCUT2D eigenvalue weighted by Crippen LogP contribution is 2.17. The molecule has 0 aromatic carbocycles. The molecular weight excluding hydrogens is 937 g/mol. The molecule has 0 aromatic rings. The predicted octanol–water partition coefficient (Wildman–Crippen LogP) is 22.3. The average Bonchev–Trinajstić information content (AvgIpc) is 3.42. The number of carbonyl (C=O) groups excluding carboxylic acids is 3. The van der Waals surface area contributed by atoms with E-state index in [1.54, 1.807) is 0 Å². The Morgan fingerprint density at radius 2 is 0.513 bits per heavy atom. The molecule has 0 N–H and O–H groups in total. The predicted molar refractivity (Wildman–Crippen MR) is 330 cm³/mol. The normalized spacial score (nSPS) is 12.6. The third kappa shape index (κ3) is 61.4. The highest BCUT2D eigenvalue weighted by molar-refractivity contribution is 5.71. The van der Waals surface area contributed by atoms with E-state index in [4.69, 9.17) is 14.2 Å². The Morgan fingerprint density at radius 3 is 0.803 bits per heavy atom. The lowest BCUT2D eigenvalue weighted by Crippen LogP contribution is -2.30. The van der Waals surface area contributed by atoms with Crippen molar-refractivity contribution < 1.29 is 28.6 Å². The van der Waals surface area contributed by atoms with Gasteiger partial charge in [-0.05, 0) is 77.0 Å². The summed E-state index contributed by atoms with van der Waals surface area (Å²) in [4.78, 5) is 38.3. The van der Waals surface area contributed by atoms with Gasteiger partial charge in [-0.25, -0.2) is 0 Å². The van der Waals surface area contributed by atoms with Gasteiger partial charge >= 0.3 is 17.9 Å². The van der Waals surface area contributed by atoms with Crippen molar-refractivity contribution in [2.45, 2.75) is 329 Å². The van der Waals surface area contributed by atoms with Crippen molar-refractivity contribution in [2.75, 3.05) is 13.2 Å². The molecule has 1 atom stereocenters. The number of hydrogen-bond donors (Lipinski definition) is 0. The summed E-state index contributed by atoms with van der Waals surface area (Å²) in [5, 5.41) is 0. The van der Waals surface area contributed by atoms with Crippen LogP contribution in [0.1, 0.15) is 323 Å². The lowest BCUT2D eigenvalue weighted by Gasteiger charge is -2.18. The van der Waals surface area contributed by atoms with Crippen LogP contribution in [0.4, 0.5) is 0 Å². The third-order valence-electron chi connectivity index (χ3n) is 14.2. The van der Waals surface area contributed by atoms with E-state index in [1.165, 1.54) is 161 Å². The summed E-state index contributed by atoms with van der Waals surface area (Å²) < 4.78 is 16.9. The fourth-order valence-electron chi connectivity index (χ4n) is 9.31. The van der Waals surface area contributed by atoms with Gasteiger partial charge in [0.25, 0.3) is 0 Å². The lowest BCUT2D eigenvalue weighted by atomic mass is 10.0. The molecule has 0 heterocycles.